The van der Waals surface area contributed by atoms with Crippen LogP contribution in [0, 0.1) is 11.8 Å². The number of carbonyl (C=O) groups excluding carboxylic acids is 3. The first-order valence-corrected chi connectivity index (χ1v) is 12.8. The third-order valence-corrected chi connectivity index (χ3v) is 7.90. The lowest BCUT2D eigenvalue weighted by molar-refractivity contribution is -0.117. The van der Waals surface area contributed by atoms with E-state index in [0.717, 1.165) is 0 Å². The minimum Gasteiger partial charge on any atom is -0.510 e. The molecule has 0 fully saturated rings. The second-order valence-electron chi connectivity index (χ2n) is 9.71. The predicted octanol–water partition coefficient (Wildman–Crippen LogP) is 1.08. The molecule has 10 nitrogen and oxygen atoms in total. The molecule has 0 saturated carbocycles. The molecule has 4 unspecified atom stereocenters. The molecule has 196 valence electrons. The predicted molar refractivity (Wildman–Crippen MR) is 136 cm³/mol. The van der Waals surface area contributed by atoms with Crippen LogP contribution in [0.3, 0.4) is 0 Å². The number of nitrogens with two attached hydrogens (primary N) is 2. The van der Waals surface area contributed by atoms with Crippen LogP contribution in [-0.2, 0) is 28.3 Å². The molecule has 1 aromatic rings. The Balaban J connectivity index is 2.22. The summed E-state index contributed by atoms with van der Waals surface area (Å²) in [7, 11) is 3.16. The summed E-state index contributed by atoms with van der Waals surface area (Å²) in [6, 6.07) is 0.697. The van der Waals surface area contributed by atoms with E-state index in [2.05, 4.69) is 0 Å². The van der Waals surface area contributed by atoms with Crippen molar-refractivity contribution in [2.45, 2.75) is 43.7 Å². The van der Waals surface area contributed by atoms with E-state index in [1.165, 1.54) is 23.6 Å². The van der Waals surface area contributed by atoms with E-state index in [-0.39, 0.29) is 42.6 Å². The van der Waals surface area contributed by atoms with Crippen LogP contribution in [0.4, 0.5) is 0 Å². The standard InChI is InChI=1S/C25H33N3O7S/c1-25(35)16(19(28(2)3)21(31)15(9-29)24(27)34)7-11-6-14-12(8-26)5-13(10-36-4)20(30)18(14)22(32)17(11)23(25)33/h5,9,11,16,19,30-31,33,35H,6-8,10,26H2,1-4H3,(H2,27,34)/b21-15-. The van der Waals surface area contributed by atoms with Crippen molar-refractivity contribution < 1.29 is 34.8 Å². The number of amides is 1. The Bertz CT molecular complexity index is 1170. The average molecular weight is 520 g/mol. The number of nitrogens with zero attached hydrogens (tertiary/aromatic N) is 1. The molecular weight excluding hydrogens is 486 g/mol. The topological polar surface area (TPSA) is 187 Å². The van der Waals surface area contributed by atoms with Crippen LogP contribution in [0.15, 0.2) is 28.7 Å². The highest BCUT2D eigenvalue weighted by Crippen LogP contribution is 2.50. The maximum absolute atomic E-state index is 13.7. The molecule has 0 radical (unpaired) electrons. The number of aliphatic hydroxyl groups excluding tert-OH is 2. The number of aldehydes is 1. The number of hydrogen-bond donors (Lipinski definition) is 6. The largest absolute Gasteiger partial charge is 0.510 e. The second-order valence-corrected chi connectivity index (χ2v) is 10.6. The summed E-state index contributed by atoms with van der Waals surface area (Å²) in [5.74, 6) is -4.13. The first-order chi connectivity index (χ1) is 16.8. The van der Waals surface area contributed by atoms with Gasteiger partial charge in [0.2, 0.25) is 0 Å². The van der Waals surface area contributed by atoms with E-state index in [1.54, 1.807) is 20.2 Å². The van der Waals surface area contributed by atoms with E-state index < -0.39 is 52.3 Å². The van der Waals surface area contributed by atoms with Crippen molar-refractivity contribution in [1.29, 1.82) is 0 Å². The van der Waals surface area contributed by atoms with Crippen molar-refractivity contribution in [3.8, 4) is 5.75 Å². The Kier molecular flexibility index (Phi) is 7.89. The molecule has 0 aliphatic heterocycles. The first kappa shape index (κ1) is 27.7. The number of thioether (sulfide) groups is 1. The number of benzene rings is 1. The molecule has 11 heteroatoms. The van der Waals surface area contributed by atoms with Gasteiger partial charge in [0, 0.05) is 29.4 Å². The molecule has 0 spiro atoms. The summed E-state index contributed by atoms with van der Waals surface area (Å²) < 4.78 is 0. The Morgan fingerprint density at radius 2 is 1.97 bits per heavy atom. The quantitative estimate of drug-likeness (QED) is 0.0953. The highest BCUT2D eigenvalue weighted by Gasteiger charge is 2.53. The number of allylic oxidation sites excluding steroid dienone is 1. The molecule has 0 aromatic heterocycles. The van der Waals surface area contributed by atoms with Gasteiger partial charge < -0.3 is 31.9 Å². The fourth-order valence-electron chi connectivity index (χ4n) is 5.55. The number of carbonyl (C=O) groups is 3. The normalized spacial score (nSPS) is 25.2. The van der Waals surface area contributed by atoms with Crippen LogP contribution in [0.25, 0.3) is 0 Å². The lowest BCUT2D eigenvalue weighted by Crippen LogP contribution is -2.54. The molecule has 2 aliphatic carbocycles. The Hall–Kier alpha value is -2.86. The molecule has 2 aliphatic rings. The minimum atomic E-state index is -2.02. The number of likely N-dealkylation sites (N-methyl/N-ethyl adjacent to an activating group) is 1. The van der Waals surface area contributed by atoms with Gasteiger partial charge >= 0.3 is 0 Å². The van der Waals surface area contributed by atoms with Gasteiger partial charge in [0.1, 0.15) is 28.4 Å². The highest BCUT2D eigenvalue weighted by molar-refractivity contribution is 7.97. The molecule has 3 rings (SSSR count). The second kappa shape index (κ2) is 10.3. The number of rotatable bonds is 8. The maximum atomic E-state index is 13.7. The number of hydrogen-bond acceptors (Lipinski definition) is 10. The molecule has 36 heavy (non-hydrogen) atoms. The number of phenols is 1. The zero-order valence-electron chi connectivity index (χ0n) is 20.7. The van der Waals surface area contributed by atoms with Gasteiger partial charge in [0.25, 0.3) is 5.91 Å². The molecule has 1 amide bonds. The molecule has 1 aromatic carbocycles. The van der Waals surface area contributed by atoms with Gasteiger partial charge in [-0.05, 0) is 63.2 Å². The van der Waals surface area contributed by atoms with E-state index in [1.807, 2.05) is 6.26 Å². The average Bonchev–Trinajstić information content (AvgIpc) is 2.79. The van der Waals surface area contributed by atoms with Crippen LogP contribution in [0.5, 0.6) is 5.75 Å². The van der Waals surface area contributed by atoms with Gasteiger partial charge in [0.05, 0.1) is 11.6 Å². The number of primary amides is 1. The van der Waals surface area contributed by atoms with Gasteiger partial charge in [0.15, 0.2) is 12.1 Å². The van der Waals surface area contributed by atoms with Crippen molar-refractivity contribution in [3.05, 3.63) is 51.0 Å². The molecule has 4 atom stereocenters. The van der Waals surface area contributed by atoms with Gasteiger partial charge in [-0.2, -0.15) is 11.8 Å². The third kappa shape index (κ3) is 4.40. The zero-order chi connectivity index (χ0) is 27.1. The molecule has 8 N–H and O–H groups in total. The lowest BCUT2D eigenvalue weighted by Gasteiger charge is -2.47. The van der Waals surface area contributed by atoms with Crippen molar-refractivity contribution in [2.75, 3.05) is 20.4 Å². The Morgan fingerprint density at radius 1 is 1.33 bits per heavy atom. The van der Waals surface area contributed by atoms with Crippen LogP contribution >= 0.6 is 11.8 Å². The van der Waals surface area contributed by atoms with Crippen LogP contribution in [0.1, 0.15) is 40.4 Å². The van der Waals surface area contributed by atoms with E-state index >= 15 is 0 Å². The van der Waals surface area contributed by atoms with Crippen LogP contribution in [-0.4, -0.2) is 75.3 Å². The number of Topliss-reactive ketones (excluding diaryl/α,β-unsaturated/α-hetero) is 1. The molecule has 0 heterocycles. The number of aliphatic hydroxyl groups is 3. The first-order valence-electron chi connectivity index (χ1n) is 11.4. The van der Waals surface area contributed by atoms with Crippen LogP contribution in [0.2, 0.25) is 0 Å². The fraction of sp³-hybridized carbons (Fsp3) is 0.480. The van der Waals surface area contributed by atoms with Gasteiger partial charge in [-0.15, -0.1) is 0 Å². The van der Waals surface area contributed by atoms with E-state index in [4.69, 9.17) is 11.5 Å². The van der Waals surface area contributed by atoms with Crippen molar-refractivity contribution >= 4 is 29.7 Å². The summed E-state index contributed by atoms with van der Waals surface area (Å²) in [6.45, 7) is 1.45. The SMILES string of the molecule is CSCc1cc(CN)c2c(c1O)C(=O)C1=C(O)C(C)(O)C(C(/C(O)=C(\C=O)C(N)=O)N(C)C)CC1C2. The van der Waals surface area contributed by atoms with Crippen LogP contribution < -0.4 is 11.5 Å². The fourth-order valence-corrected chi connectivity index (χ4v) is 6.08. The Morgan fingerprint density at radius 3 is 2.47 bits per heavy atom. The Labute approximate surface area is 213 Å². The summed E-state index contributed by atoms with van der Waals surface area (Å²) in [6.07, 6.45) is 2.39. The molecular formula is C25H33N3O7S. The highest BCUT2D eigenvalue weighted by atomic mass is 32.2. The van der Waals surface area contributed by atoms with E-state index in [9.17, 15) is 34.8 Å². The number of phenolic OH excluding ortho intramolecular Hbond substituents is 1. The third-order valence-electron chi connectivity index (χ3n) is 7.30. The van der Waals surface area contributed by atoms with Crippen molar-refractivity contribution in [1.82, 2.24) is 4.90 Å². The summed E-state index contributed by atoms with van der Waals surface area (Å²) in [4.78, 5) is 38.4. The van der Waals surface area contributed by atoms with Gasteiger partial charge in [-0.1, -0.05) is 0 Å². The van der Waals surface area contributed by atoms with Crippen molar-refractivity contribution in [3.63, 3.8) is 0 Å². The maximum Gasteiger partial charge on any atom is 0.255 e. The number of fused-ring (bicyclic) bond motifs is 2. The summed E-state index contributed by atoms with van der Waals surface area (Å²) in [5.41, 5.74) is 10.5. The summed E-state index contributed by atoms with van der Waals surface area (Å²) in [5, 5.41) is 44.5. The van der Waals surface area contributed by atoms with Crippen molar-refractivity contribution in [2.24, 2.45) is 23.3 Å². The monoisotopic (exact) mass is 519 g/mol. The number of aromatic hydroxyl groups is 1. The van der Waals surface area contributed by atoms with E-state index in [0.29, 0.717) is 22.4 Å². The lowest BCUT2D eigenvalue weighted by atomic mass is 9.62. The van der Waals surface area contributed by atoms with Gasteiger partial charge in [-0.3, -0.25) is 19.3 Å². The summed E-state index contributed by atoms with van der Waals surface area (Å²) >= 11 is 1.47. The minimum absolute atomic E-state index is 0.00481. The molecule has 0 saturated heterocycles. The smallest absolute Gasteiger partial charge is 0.255 e. The molecule has 0 bridgehead atoms. The number of ketones is 1. The van der Waals surface area contributed by atoms with Gasteiger partial charge in [-0.25, -0.2) is 0 Å². The zero-order valence-corrected chi connectivity index (χ0v) is 21.6.